The zero-order valence-electron chi connectivity index (χ0n) is 11.7. The molecule has 1 aromatic heterocycles. The van der Waals surface area contributed by atoms with Crippen LogP contribution in [0.5, 0.6) is 28.7 Å². The van der Waals surface area contributed by atoms with Crippen molar-refractivity contribution in [2.24, 2.45) is 0 Å². The minimum atomic E-state index is -0.646. The minimum absolute atomic E-state index is 0.0124. The summed E-state index contributed by atoms with van der Waals surface area (Å²) in [5.74, 6) is -0.976. The van der Waals surface area contributed by atoms with E-state index in [9.17, 15) is 20.1 Å². The second-order valence-corrected chi connectivity index (χ2v) is 4.60. The van der Waals surface area contributed by atoms with Crippen molar-refractivity contribution in [3.8, 4) is 28.7 Å². The number of hydrogen-bond donors (Lipinski definition) is 3. The van der Waals surface area contributed by atoms with Crippen LogP contribution < -0.4 is 14.9 Å². The van der Waals surface area contributed by atoms with Crippen LogP contribution in [-0.4, -0.2) is 29.5 Å². The molecule has 7 heteroatoms. The van der Waals surface area contributed by atoms with Gasteiger partial charge in [-0.1, -0.05) is 0 Å². The van der Waals surface area contributed by atoms with Gasteiger partial charge in [-0.25, -0.2) is 0 Å². The van der Waals surface area contributed by atoms with Gasteiger partial charge in [0.25, 0.3) is 0 Å². The molecule has 0 saturated heterocycles. The van der Waals surface area contributed by atoms with Crippen molar-refractivity contribution < 1.29 is 29.2 Å². The molecule has 0 aliphatic carbocycles. The SMILES string of the molecule is COc1cc2oc3cc(O)cc(O)c3c(=O)c2c(O)c1OC. The third kappa shape index (κ3) is 1.79. The molecule has 0 spiro atoms. The van der Waals surface area contributed by atoms with E-state index >= 15 is 0 Å². The molecule has 0 amide bonds. The lowest BCUT2D eigenvalue weighted by molar-refractivity contribution is 0.334. The zero-order chi connectivity index (χ0) is 16.0. The van der Waals surface area contributed by atoms with Gasteiger partial charge in [0.2, 0.25) is 11.2 Å². The smallest absolute Gasteiger partial charge is 0.208 e. The predicted molar refractivity (Wildman–Crippen MR) is 78.1 cm³/mol. The second-order valence-electron chi connectivity index (χ2n) is 4.60. The van der Waals surface area contributed by atoms with Crippen molar-refractivity contribution in [1.82, 2.24) is 0 Å². The molecule has 114 valence electrons. The fraction of sp³-hybridized carbons (Fsp3) is 0.133. The van der Waals surface area contributed by atoms with Gasteiger partial charge in [0, 0.05) is 18.2 Å². The average molecular weight is 304 g/mol. The number of phenols is 3. The van der Waals surface area contributed by atoms with Gasteiger partial charge in [-0.15, -0.1) is 0 Å². The third-order valence-electron chi connectivity index (χ3n) is 3.35. The number of rotatable bonds is 2. The Kier molecular flexibility index (Phi) is 2.98. The Morgan fingerprint density at radius 3 is 2.27 bits per heavy atom. The highest BCUT2D eigenvalue weighted by Crippen LogP contribution is 2.42. The molecular weight excluding hydrogens is 292 g/mol. The minimum Gasteiger partial charge on any atom is -0.508 e. The maximum absolute atomic E-state index is 12.6. The Morgan fingerprint density at radius 1 is 0.955 bits per heavy atom. The summed E-state index contributed by atoms with van der Waals surface area (Å²) in [7, 11) is 2.70. The predicted octanol–water partition coefficient (Wildman–Crippen LogP) is 2.08. The molecule has 3 N–H and O–H groups in total. The molecule has 7 nitrogen and oxygen atoms in total. The van der Waals surface area contributed by atoms with Gasteiger partial charge in [-0.3, -0.25) is 4.79 Å². The molecule has 3 rings (SSSR count). The first-order valence-corrected chi connectivity index (χ1v) is 6.24. The maximum atomic E-state index is 12.6. The van der Waals surface area contributed by atoms with Crippen molar-refractivity contribution in [2.45, 2.75) is 0 Å². The van der Waals surface area contributed by atoms with E-state index in [4.69, 9.17) is 13.9 Å². The lowest BCUT2D eigenvalue weighted by atomic mass is 10.1. The average Bonchev–Trinajstić information content (AvgIpc) is 2.45. The topological polar surface area (TPSA) is 109 Å². The molecule has 2 aromatic carbocycles. The Morgan fingerprint density at radius 2 is 1.64 bits per heavy atom. The highest BCUT2D eigenvalue weighted by atomic mass is 16.5. The van der Waals surface area contributed by atoms with Gasteiger partial charge in [-0.05, 0) is 0 Å². The number of benzene rings is 2. The third-order valence-corrected chi connectivity index (χ3v) is 3.35. The van der Waals surface area contributed by atoms with E-state index in [2.05, 4.69) is 0 Å². The van der Waals surface area contributed by atoms with Crippen molar-refractivity contribution in [2.75, 3.05) is 14.2 Å². The zero-order valence-corrected chi connectivity index (χ0v) is 11.7. The molecule has 0 atom stereocenters. The van der Waals surface area contributed by atoms with E-state index in [1.54, 1.807) is 0 Å². The van der Waals surface area contributed by atoms with Crippen LogP contribution in [0.1, 0.15) is 0 Å². The van der Waals surface area contributed by atoms with Gasteiger partial charge >= 0.3 is 0 Å². The van der Waals surface area contributed by atoms with Crippen LogP contribution in [-0.2, 0) is 0 Å². The molecule has 0 fully saturated rings. The van der Waals surface area contributed by atoms with Gasteiger partial charge in [0.1, 0.15) is 33.4 Å². The first kappa shape index (κ1) is 13.9. The van der Waals surface area contributed by atoms with Gasteiger partial charge in [0.15, 0.2) is 11.5 Å². The van der Waals surface area contributed by atoms with E-state index in [0.29, 0.717) is 0 Å². The summed E-state index contributed by atoms with van der Waals surface area (Å²) in [6.45, 7) is 0. The Balaban J connectivity index is 2.58. The first-order chi connectivity index (χ1) is 10.5. The van der Waals surface area contributed by atoms with Crippen LogP contribution in [0.4, 0.5) is 0 Å². The molecule has 0 aliphatic rings. The van der Waals surface area contributed by atoms with Crippen LogP contribution in [0.3, 0.4) is 0 Å². The van der Waals surface area contributed by atoms with Crippen molar-refractivity contribution in [3.05, 3.63) is 28.4 Å². The van der Waals surface area contributed by atoms with E-state index in [0.717, 1.165) is 6.07 Å². The fourth-order valence-electron chi connectivity index (χ4n) is 2.39. The molecule has 22 heavy (non-hydrogen) atoms. The number of phenolic OH excluding ortho intramolecular Hbond substituents is 3. The second kappa shape index (κ2) is 4.73. The molecule has 0 unspecified atom stereocenters. The lowest BCUT2D eigenvalue weighted by Gasteiger charge is -2.12. The summed E-state index contributed by atoms with van der Waals surface area (Å²) in [6, 6.07) is 3.60. The molecule has 0 bridgehead atoms. The summed E-state index contributed by atoms with van der Waals surface area (Å²) < 4.78 is 15.6. The maximum Gasteiger partial charge on any atom is 0.208 e. The molecule has 0 aliphatic heterocycles. The van der Waals surface area contributed by atoms with E-state index in [1.165, 1.54) is 26.4 Å². The van der Waals surface area contributed by atoms with Crippen LogP contribution in [0.2, 0.25) is 0 Å². The number of ether oxygens (including phenoxy) is 2. The summed E-state index contributed by atoms with van der Waals surface area (Å²) in [5, 5.41) is 29.3. The van der Waals surface area contributed by atoms with E-state index < -0.39 is 16.9 Å². The molecular formula is C15H12O7. The number of hydrogen-bond acceptors (Lipinski definition) is 7. The van der Waals surface area contributed by atoms with E-state index in [1.807, 2.05) is 0 Å². The Hall–Kier alpha value is -3.09. The summed E-state index contributed by atoms with van der Waals surface area (Å²) in [6.07, 6.45) is 0. The van der Waals surface area contributed by atoms with Gasteiger partial charge in [0.05, 0.1) is 14.2 Å². The summed E-state index contributed by atoms with van der Waals surface area (Å²) in [5.41, 5.74) is -0.619. The van der Waals surface area contributed by atoms with Crippen molar-refractivity contribution >= 4 is 21.9 Å². The Bertz CT molecular complexity index is 956. The van der Waals surface area contributed by atoms with Crippen molar-refractivity contribution in [3.63, 3.8) is 0 Å². The summed E-state index contributed by atoms with van der Waals surface area (Å²) >= 11 is 0. The first-order valence-electron chi connectivity index (χ1n) is 6.24. The monoisotopic (exact) mass is 304 g/mol. The standard InChI is InChI=1S/C15H12O7/c1-20-10-5-9-12(14(19)15(10)21-2)13(18)11-7(17)3-6(16)4-8(11)22-9/h3-5,16-17,19H,1-2H3. The summed E-state index contributed by atoms with van der Waals surface area (Å²) in [4.78, 5) is 12.6. The highest BCUT2D eigenvalue weighted by molar-refractivity contribution is 5.98. The number of fused-ring (bicyclic) bond motifs is 2. The van der Waals surface area contributed by atoms with Crippen LogP contribution >= 0.6 is 0 Å². The Labute approximate surface area is 123 Å². The highest BCUT2D eigenvalue weighted by Gasteiger charge is 2.21. The molecule has 3 aromatic rings. The number of aromatic hydroxyl groups is 3. The normalized spacial score (nSPS) is 11.0. The fourth-order valence-corrected chi connectivity index (χ4v) is 2.39. The van der Waals surface area contributed by atoms with Crippen LogP contribution in [0.25, 0.3) is 21.9 Å². The molecule has 1 heterocycles. The van der Waals surface area contributed by atoms with Crippen molar-refractivity contribution in [1.29, 1.82) is 0 Å². The lowest BCUT2D eigenvalue weighted by Crippen LogP contribution is -2.04. The van der Waals surface area contributed by atoms with Gasteiger partial charge < -0.3 is 29.2 Å². The quantitative estimate of drug-likeness (QED) is 0.622. The van der Waals surface area contributed by atoms with Crippen LogP contribution in [0.15, 0.2) is 27.4 Å². The number of methoxy groups -OCH3 is 2. The largest absolute Gasteiger partial charge is 0.508 e. The van der Waals surface area contributed by atoms with E-state index in [-0.39, 0.29) is 39.2 Å². The van der Waals surface area contributed by atoms with Crippen LogP contribution in [0, 0.1) is 0 Å². The molecule has 0 radical (unpaired) electrons. The molecule has 0 saturated carbocycles. The van der Waals surface area contributed by atoms with Gasteiger partial charge in [-0.2, -0.15) is 0 Å².